The van der Waals surface area contributed by atoms with Gasteiger partial charge >= 0.3 is 0 Å². The third-order valence-corrected chi connectivity index (χ3v) is 4.65. The van der Waals surface area contributed by atoms with Gasteiger partial charge in [0.15, 0.2) is 0 Å². The molecule has 24 heavy (non-hydrogen) atoms. The van der Waals surface area contributed by atoms with Gasteiger partial charge in [-0.2, -0.15) is 0 Å². The summed E-state index contributed by atoms with van der Waals surface area (Å²) < 4.78 is 0. The number of hydrogen-bond acceptors (Lipinski definition) is 2. The number of nitrogens with one attached hydrogen (secondary N) is 1. The summed E-state index contributed by atoms with van der Waals surface area (Å²) in [5, 5.41) is 3.79. The van der Waals surface area contributed by atoms with Gasteiger partial charge in [0.05, 0.1) is 21.3 Å². The molecule has 0 bridgehead atoms. The molecule has 2 aromatic rings. The van der Waals surface area contributed by atoms with Gasteiger partial charge in [-0.05, 0) is 42.8 Å². The highest BCUT2D eigenvalue weighted by Crippen LogP contribution is 2.31. The monoisotopic (exact) mass is 382 g/mol. The molecule has 1 N–H and O–H groups in total. The smallest absolute Gasteiger partial charge is 0.257 e. The second-order valence-corrected chi connectivity index (χ2v) is 6.64. The highest BCUT2D eigenvalue weighted by atomic mass is 35.5. The minimum Gasteiger partial charge on any atom is -0.321 e. The lowest BCUT2D eigenvalue weighted by molar-refractivity contribution is -0.117. The van der Waals surface area contributed by atoms with Crippen LogP contribution in [0.2, 0.25) is 15.1 Å². The van der Waals surface area contributed by atoms with Gasteiger partial charge in [0.2, 0.25) is 5.91 Å². The molecule has 7 heteroatoms. The summed E-state index contributed by atoms with van der Waals surface area (Å²) in [6.07, 6.45) is 1.35. The number of nitrogens with zero attached hydrogens (tertiary/aromatic N) is 1. The molecule has 1 aliphatic heterocycles. The summed E-state index contributed by atoms with van der Waals surface area (Å²) in [6.45, 7) is 0.661. The van der Waals surface area contributed by atoms with E-state index in [-0.39, 0.29) is 11.5 Å². The summed E-state index contributed by atoms with van der Waals surface area (Å²) in [5.74, 6) is -0.359. The maximum atomic E-state index is 12.4. The third kappa shape index (κ3) is 3.51. The van der Waals surface area contributed by atoms with Crippen molar-refractivity contribution in [3.05, 3.63) is 57.0 Å². The topological polar surface area (TPSA) is 49.4 Å². The minimum absolute atomic E-state index is 0.0625. The molecule has 124 valence electrons. The maximum Gasteiger partial charge on any atom is 0.257 e. The van der Waals surface area contributed by atoms with Crippen molar-refractivity contribution < 1.29 is 9.59 Å². The van der Waals surface area contributed by atoms with E-state index in [1.165, 1.54) is 6.07 Å². The van der Waals surface area contributed by atoms with E-state index in [1.54, 1.807) is 35.2 Å². The van der Waals surface area contributed by atoms with Crippen molar-refractivity contribution in [2.75, 3.05) is 16.8 Å². The lowest BCUT2D eigenvalue weighted by Crippen LogP contribution is -2.23. The SMILES string of the molecule is O=C(Nc1cc(N2CCCC2=O)ccc1Cl)c1cc(Cl)ccc1Cl. The Morgan fingerprint density at radius 1 is 1.04 bits per heavy atom. The predicted molar refractivity (Wildman–Crippen MR) is 97.5 cm³/mol. The molecule has 1 aliphatic rings. The van der Waals surface area contributed by atoms with Gasteiger partial charge in [-0.1, -0.05) is 34.8 Å². The average Bonchev–Trinajstić information content (AvgIpc) is 2.98. The van der Waals surface area contributed by atoms with Crippen LogP contribution in [0.25, 0.3) is 0 Å². The number of carbonyl (C=O) groups excluding carboxylic acids is 2. The minimum atomic E-state index is -0.422. The summed E-state index contributed by atoms with van der Waals surface area (Å²) in [7, 11) is 0. The van der Waals surface area contributed by atoms with Crippen LogP contribution in [0.3, 0.4) is 0 Å². The lowest BCUT2D eigenvalue weighted by atomic mass is 10.2. The quantitative estimate of drug-likeness (QED) is 0.808. The van der Waals surface area contributed by atoms with Crippen molar-refractivity contribution in [2.45, 2.75) is 12.8 Å². The normalized spacial score (nSPS) is 14.1. The first kappa shape index (κ1) is 17.1. The third-order valence-electron chi connectivity index (χ3n) is 3.76. The summed E-state index contributed by atoms with van der Waals surface area (Å²) in [5.41, 5.74) is 1.37. The van der Waals surface area contributed by atoms with Crippen molar-refractivity contribution in [1.29, 1.82) is 0 Å². The van der Waals surface area contributed by atoms with E-state index in [1.807, 2.05) is 0 Å². The molecular formula is C17H13Cl3N2O2. The fraction of sp³-hybridized carbons (Fsp3) is 0.176. The van der Waals surface area contributed by atoms with Crippen LogP contribution in [0.1, 0.15) is 23.2 Å². The fourth-order valence-electron chi connectivity index (χ4n) is 2.56. The molecular weight excluding hydrogens is 371 g/mol. The van der Waals surface area contributed by atoms with E-state index >= 15 is 0 Å². The first-order chi connectivity index (χ1) is 11.5. The van der Waals surface area contributed by atoms with Gasteiger partial charge in [0, 0.05) is 23.7 Å². The molecule has 0 saturated carbocycles. The van der Waals surface area contributed by atoms with Crippen LogP contribution in [0.4, 0.5) is 11.4 Å². The van der Waals surface area contributed by atoms with Gasteiger partial charge in [0.1, 0.15) is 0 Å². The van der Waals surface area contributed by atoms with E-state index < -0.39 is 5.91 Å². The Morgan fingerprint density at radius 2 is 1.79 bits per heavy atom. The molecule has 4 nitrogen and oxygen atoms in total. The van der Waals surface area contributed by atoms with Gasteiger partial charge in [-0.3, -0.25) is 9.59 Å². The molecule has 1 fully saturated rings. The zero-order chi connectivity index (χ0) is 17.3. The number of rotatable bonds is 3. The second kappa shape index (κ2) is 7.01. The predicted octanol–water partition coefficient (Wildman–Crippen LogP) is 5.03. The summed E-state index contributed by atoms with van der Waals surface area (Å²) in [4.78, 5) is 26.0. The first-order valence-corrected chi connectivity index (χ1v) is 8.45. The Kier molecular flexibility index (Phi) is 4.99. The highest BCUT2D eigenvalue weighted by molar-refractivity contribution is 6.37. The maximum absolute atomic E-state index is 12.4. The molecule has 2 amide bonds. The van der Waals surface area contributed by atoms with Gasteiger partial charge < -0.3 is 10.2 Å². The van der Waals surface area contributed by atoms with Gasteiger partial charge in [-0.25, -0.2) is 0 Å². The van der Waals surface area contributed by atoms with Crippen LogP contribution >= 0.6 is 34.8 Å². The molecule has 0 radical (unpaired) electrons. The van der Waals surface area contributed by atoms with Crippen LogP contribution in [-0.4, -0.2) is 18.4 Å². The van der Waals surface area contributed by atoms with Crippen molar-refractivity contribution in [3.8, 4) is 0 Å². The average molecular weight is 384 g/mol. The summed E-state index contributed by atoms with van der Waals surface area (Å²) in [6, 6.07) is 9.74. The Labute approximate surface area is 154 Å². The molecule has 1 saturated heterocycles. The Bertz CT molecular complexity index is 823. The Hall–Kier alpha value is -1.75. The molecule has 0 aliphatic carbocycles. The van der Waals surface area contributed by atoms with Gasteiger partial charge in [0.25, 0.3) is 5.91 Å². The van der Waals surface area contributed by atoms with Crippen molar-refractivity contribution >= 4 is 58.0 Å². The summed E-state index contributed by atoms with van der Waals surface area (Å²) >= 11 is 18.1. The van der Waals surface area contributed by atoms with Crippen molar-refractivity contribution in [1.82, 2.24) is 0 Å². The number of halogens is 3. The number of anilines is 2. The Balaban J connectivity index is 1.88. The standard InChI is InChI=1S/C17H13Cl3N2O2/c18-10-3-5-13(19)12(8-10)17(24)21-15-9-11(4-6-14(15)20)22-7-1-2-16(22)23/h3-6,8-9H,1-2,7H2,(H,21,24). The van der Waals surface area contributed by atoms with Crippen LogP contribution in [0, 0.1) is 0 Å². The number of benzene rings is 2. The van der Waals surface area contributed by atoms with Crippen molar-refractivity contribution in [3.63, 3.8) is 0 Å². The van der Waals surface area contributed by atoms with E-state index in [0.29, 0.717) is 39.4 Å². The lowest BCUT2D eigenvalue weighted by Gasteiger charge is -2.17. The Morgan fingerprint density at radius 3 is 2.50 bits per heavy atom. The fourth-order valence-corrected chi connectivity index (χ4v) is 3.10. The largest absolute Gasteiger partial charge is 0.321 e. The molecule has 1 heterocycles. The second-order valence-electron chi connectivity index (χ2n) is 5.39. The number of amides is 2. The van der Waals surface area contributed by atoms with Crippen molar-refractivity contribution in [2.24, 2.45) is 0 Å². The molecule has 0 unspecified atom stereocenters. The molecule has 0 atom stereocenters. The number of hydrogen-bond donors (Lipinski definition) is 1. The zero-order valence-corrected chi connectivity index (χ0v) is 14.8. The van der Waals surface area contributed by atoms with Crippen LogP contribution in [0.15, 0.2) is 36.4 Å². The first-order valence-electron chi connectivity index (χ1n) is 7.32. The van der Waals surface area contributed by atoms with E-state index in [0.717, 1.165) is 6.42 Å². The van der Waals surface area contributed by atoms with E-state index in [2.05, 4.69) is 5.32 Å². The van der Waals surface area contributed by atoms with Crippen LogP contribution in [-0.2, 0) is 4.79 Å². The van der Waals surface area contributed by atoms with Gasteiger partial charge in [-0.15, -0.1) is 0 Å². The number of carbonyl (C=O) groups is 2. The molecule has 0 spiro atoms. The highest BCUT2D eigenvalue weighted by Gasteiger charge is 2.22. The molecule has 3 rings (SSSR count). The van der Waals surface area contributed by atoms with E-state index in [9.17, 15) is 9.59 Å². The van der Waals surface area contributed by atoms with Crippen LogP contribution in [0.5, 0.6) is 0 Å². The molecule has 0 aromatic heterocycles. The van der Waals surface area contributed by atoms with E-state index in [4.69, 9.17) is 34.8 Å². The molecule has 2 aromatic carbocycles. The zero-order valence-electron chi connectivity index (χ0n) is 12.5. The van der Waals surface area contributed by atoms with Crippen LogP contribution < -0.4 is 10.2 Å².